The highest BCUT2D eigenvalue weighted by molar-refractivity contribution is 5.85. The van der Waals surface area contributed by atoms with Crippen molar-refractivity contribution < 1.29 is 18.3 Å². The molecule has 0 aromatic carbocycles. The number of hydrogen-bond acceptors (Lipinski definition) is 3. The lowest BCUT2D eigenvalue weighted by atomic mass is 10.2. The zero-order chi connectivity index (χ0) is 8.85. The van der Waals surface area contributed by atoms with Gasteiger partial charge in [0, 0.05) is 0 Å². The number of rotatable bonds is 4. The van der Waals surface area contributed by atoms with Crippen molar-refractivity contribution in [1.82, 2.24) is 0 Å². The number of ether oxygens (including phenoxy) is 1. The van der Waals surface area contributed by atoms with Crippen LogP contribution in [0.3, 0.4) is 0 Å². The van der Waals surface area contributed by atoms with Gasteiger partial charge in [-0.25, -0.2) is 8.78 Å². The molecule has 0 aromatic rings. The van der Waals surface area contributed by atoms with E-state index in [-0.39, 0.29) is 19.0 Å². The number of nitrogens with two attached hydrogens (primary N) is 1. The highest BCUT2D eigenvalue weighted by Crippen LogP contribution is 2.02. The van der Waals surface area contributed by atoms with Crippen LogP contribution in [0.1, 0.15) is 13.3 Å². The Balaban J connectivity index is 0. The van der Waals surface area contributed by atoms with Crippen molar-refractivity contribution in [3.8, 4) is 0 Å². The van der Waals surface area contributed by atoms with Crippen LogP contribution in [0.5, 0.6) is 0 Å². The summed E-state index contributed by atoms with van der Waals surface area (Å²) in [5.74, 6) is -0.680. The minimum atomic E-state index is -2.67. The van der Waals surface area contributed by atoms with Gasteiger partial charge in [0.2, 0.25) is 0 Å². The summed E-state index contributed by atoms with van der Waals surface area (Å²) in [4.78, 5) is 10.5. The second-order valence-corrected chi connectivity index (χ2v) is 2.01. The predicted octanol–water partition coefficient (Wildman–Crippen LogP) is 0.954. The van der Waals surface area contributed by atoms with E-state index in [2.05, 4.69) is 4.74 Å². The van der Waals surface area contributed by atoms with E-state index in [1.54, 1.807) is 6.92 Å². The lowest BCUT2D eigenvalue weighted by molar-refractivity contribution is -0.144. The second kappa shape index (κ2) is 7.24. The van der Waals surface area contributed by atoms with Gasteiger partial charge < -0.3 is 10.5 Å². The number of carbonyl (C=O) groups excluding carboxylic acids is 1. The van der Waals surface area contributed by atoms with E-state index in [9.17, 15) is 13.6 Å². The maximum Gasteiger partial charge on any atom is 0.307 e. The van der Waals surface area contributed by atoms with Crippen molar-refractivity contribution in [2.45, 2.75) is 25.8 Å². The van der Waals surface area contributed by atoms with Crippen LogP contribution in [0.15, 0.2) is 0 Å². The van der Waals surface area contributed by atoms with Gasteiger partial charge >= 0.3 is 5.97 Å². The minimum Gasteiger partial charge on any atom is -0.466 e. The SMILES string of the molecule is CCOC(=O)CC(N)C(F)F.Cl. The van der Waals surface area contributed by atoms with E-state index in [1.165, 1.54) is 0 Å². The third kappa shape index (κ3) is 6.30. The molecular weight excluding hydrogens is 192 g/mol. The Morgan fingerprint density at radius 2 is 2.08 bits per heavy atom. The van der Waals surface area contributed by atoms with E-state index < -0.39 is 24.9 Å². The standard InChI is InChI=1S/C6H11F2NO2.ClH/c1-2-11-5(10)3-4(9)6(7)8;/h4,6H,2-3,9H2,1H3;1H. The predicted molar refractivity (Wildman–Crippen MR) is 42.5 cm³/mol. The van der Waals surface area contributed by atoms with Crippen LogP contribution >= 0.6 is 12.4 Å². The largest absolute Gasteiger partial charge is 0.466 e. The molecule has 12 heavy (non-hydrogen) atoms. The third-order valence-electron chi connectivity index (χ3n) is 1.03. The quantitative estimate of drug-likeness (QED) is 0.693. The zero-order valence-electron chi connectivity index (χ0n) is 6.63. The lowest BCUT2D eigenvalue weighted by Crippen LogP contribution is -2.31. The molecule has 0 aliphatic carbocycles. The van der Waals surface area contributed by atoms with Crippen LogP contribution in [0.25, 0.3) is 0 Å². The Morgan fingerprint density at radius 3 is 2.42 bits per heavy atom. The van der Waals surface area contributed by atoms with Gasteiger partial charge in [-0.15, -0.1) is 12.4 Å². The fraction of sp³-hybridized carbons (Fsp3) is 0.833. The van der Waals surface area contributed by atoms with Gasteiger partial charge in [-0.2, -0.15) is 0 Å². The monoisotopic (exact) mass is 203 g/mol. The highest BCUT2D eigenvalue weighted by atomic mass is 35.5. The van der Waals surface area contributed by atoms with Crippen LogP contribution in [-0.4, -0.2) is 25.0 Å². The first-order valence-electron chi connectivity index (χ1n) is 3.27. The minimum absolute atomic E-state index is 0. The zero-order valence-corrected chi connectivity index (χ0v) is 7.44. The number of halogens is 3. The number of alkyl halides is 2. The fourth-order valence-electron chi connectivity index (χ4n) is 0.501. The van der Waals surface area contributed by atoms with E-state index in [0.29, 0.717) is 0 Å². The molecule has 0 aromatic heterocycles. The summed E-state index contributed by atoms with van der Waals surface area (Å²) in [6.07, 6.45) is -3.09. The van der Waals surface area contributed by atoms with E-state index >= 15 is 0 Å². The molecule has 0 rings (SSSR count). The Kier molecular flexibility index (Phi) is 8.52. The molecule has 0 bridgehead atoms. The molecule has 6 heteroatoms. The molecule has 0 heterocycles. The van der Waals surface area contributed by atoms with Gasteiger partial charge in [0.05, 0.1) is 19.1 Å². The summed E-state index contributed by atoms with van der Waals surface area (Å²) in [6, 6.07) is -1.41. The highest BCUT2D eigenvalue weighted by Gasteiger charge is 2.19. The van der Waals surface area contributed by atoms with Crippen LogP contribution in [0, 0.1) is 0 Å². The molecule has 0 aliphatic rings. The Labute approximate surface area is 75.7 Å². The molecule has 0 saturated carbocycles. The van der Waals surface area contributed by atoms with Crippen LogP contribution in [0.4, 0.5) is 8.78 Å². The fourth-order valence-corrected chi connectivity index (χ4v) is 0.501. The lowest BCUT2D eigenvalue weighted by Gasteiger charge is -2.08. The van der Waals surface area contributed by atoms with Crippen molar-refractivity contribution in [3.05, 3.63) is 0 Å². The first kappa shape index (κ1) is 14.1. The van der Waals surface area contributed by atoms with Crippen LogP contribution < -0.4 is 5.73 Å². The Morgan fingerprint density at radius 1 is 1.58 bits per heavy atom. The smallest absolute Gasteiger partial charge is 0.307 e. The van der Waals surface area contributed by atoms with Gasteiger partial charge in [-0.1, -0.05) is 0 Å². The number of carbonyl (C=O) groups is 1. The first-order valence-corrected chi connectivity index (χ1v) is 3.27. The summed E-state index contributed by atoms with van der Waals surface area (Å²) < 4.78 is 27.8. The molecule has 3 nitrogen and oxygen atoms in total. The first-order chi connectivity index (χ1) is 5.07. The van der Waals surface area contributed by atoms with Gasteiger partial charge in [-0.3, -0.25) is 4.79 Å². The van der Waals surface area contributed by atoms with Gasteiger partial charge in [0.15, 0.2) is 0 Å². The van der Waals surface area contributed by atoms with E-state index in [0.717, 1.165) is 0 Å². The summed E-state index contributed by atoms with van der Waals surface area (Å²) in [7, 11) is 0. The molecular formula is C6H12ClF2NO2. The maximum absolute atomic E-state index is 11.7. The molecule has 1 unspecified atom stereocenters. The van der Waals surface area contributed by atoms with Crippen molar-refractivity contribution in [2.75, 3.05) is 6.61 Å². The van der Waals surface area contributed by atoms with Gasteiger partial charge in [-0.05, 0) is 6.92 Å². The molecule has 0 saturated heterocycles. The Bertz CT molecular complexity index is 135. The van der Waals surface area contributed by atoms with Crippen LogP contribution in [0.2, 0.25) is 0 Å². The molecule has 0 radical (unpaired) electrons. The van der Waals surface area contributed by atoms with Gasteiger partial charge in [0.25, 0.3) is 6.43 Å². The molecule has 0 aliphatic heterocycles. The second-order valence-electron chi connectivity index (χ2n) is 2.01. The summed E-state index contributed by atoms with van der Waals surface area (Å²) in [5, 5.41) is 0. The Hall–Kier alpha value is -0.420. The summed E-state index contributed by atoms with van der Waals surface area (Å²) >= 11 is 0. The average molecular weight is 204 g/mol. The molecule has 0 fully saturated rings. The summed E-state index contributed by atoms with van der Waals surface area (Å²) in [5.41, 5.74) is 4.90. The third-order valence-corrected chi connectivity index (χ3v) is 1.03. The molecule has 74 valence electrons. The van der Waals surface area contributed by atoms with Gasteiger partial charge in [0.1, 0.15) is 0 Å². The topological polar surface area (TPSA) is 52.3 Å². The van der Waals surface area contributed by atoms with E-state index in [1.807, 2.05) is 0 Å². The normalized spacial score (nSPS) is 12.1. The molecule has 2 N–H and O–H groups in total. The number of hydrogen-bond donors (Lipinski definition) is 1. The van der Waals surface area contributed by atoms with Crippen molar-refractivity contribution >= 4 is 18.4 Å². The van der Waals surface area contributed by atoms with Crippen molar-refractivity contribution in [1.29, 1.82) is 0 Å². The summed E-state index contributed by atoms with van der Waals surface area (Å²) in [6.45, 7) is 1.79. The number of esters is 1. The van der Waals surface area contributed by atoms with E-state index in [4.69, 9.17) is 5.73 Å². The van der Waals surface area contributed by atoms with Crippen molar-refractivity contribution in [3.63, 3.8) is 0 Å². The molecule has 0 amide bonds. The molecule has 0 spiro atoms. The molecule has 1 atom stereocenters. The van der Waals surface area contributed by atoms with Crippen molar-refractivity contribution in [2.24, 2.45) is 5.73 Å². The average Bonchev–Trinajstić information content (AvgIpc) is 1.87. The maximum atomic E-state index is 11.7. The van der Waals surface area contributed by atoms with Crippen LogP contribution in [-0.2, 0) is 9.53 Å².